The average molecular weight is 397 g/mol. The van der Waals surface area contributed by atoms with E-state index < -0.39 is 26.5 Å². The molecule has 0 aromatic heterocycles. The van der Waals surface area contributed by atoms with E-state index in [-0.39, 0.29) is 23.8 Å². The Morgan fingerprint density at radius 3 is 2.30 bits per heavy atom. The summed E-state index contributed by atoms with van der Waals surface area (Å²) >= 11 is 0. The quantitative estimate of drug-likeness (QED) is 0.571. The predicted molar refractivity (Wildman–Crippen MR) is 93.5 cm³/mol. The molecule has 27 heavy (non-hydrogen) atoms. The predicted octanol–water partition coefficient (Wildman–Crippen LogP) is 2.38. The molecule has 2 aromatic rings. The molecule has 1 fully saturated rings. The fraction of sp³-hybridized carbons (Fsp3) is 0.294. The van der Waals surface area contributed by atoms with E-state index >= 15 is 0 Å². The SMILES string of the molecule is O=[N+]([O-])c1cc(S(=O)(=O)N2CCN(Cc3ccccc3F)CC2)ccc1F. The van der Waals surface area contributed by atoms with Crippen molar-refractivity contribution in [1.82, 2.24) is 9.21 Å². The number of nitro benzene ring substituents is 1. The minimum atomic E-state index is -3.98. The number of hydrogen-bond acceptors (Lipinski definition) is 5. The van der Waals surface area contributed by atoms with E-state index in [9.17, 15) is 27.3 Å². The zero-order valence-electron chi connectivity index (χ0n) is 14.2. The van der Waals surface area contributed by atoms with E-state index in [0.717, 1.165) is 18.2 Å². The molecule has 0 spiro atoms. The van der Waals surface area contributed by atoms with Gasteiger partial charge in [0.15, 0.2) is 0 Å². The maximum atomic E-state index is 13.7. The van der Waals surface area contributed by atoms with Crippen LogP contribution in [0.1, 0.15) is 5.56 Å². The summed E-state index contributed by atoms with van der Waals surface area (Å²) in [5.74, 6) is -1.40. The largest absolute Gasteiger partial charge is 0.306 e. The summed E-state index contributed by atoms with van der Waals surface area (Å²) in [7, 11) is -3.98. The van der Waals surface area contributed by atoms with Gasteiger partial charge in [-0.05, 0) is 18.2 Å². The molecule has 1 aliphatic heterocycles. The second-order valence-electron chi connectivity index (χ2n) is 6.14. The lowest BCUT2D eigenvalue weighted by Crippen LogP contribution is -2.48. The van der Waals surface area contributed by atoms with Crippen LogP contribution in [0.4, 0.5) is 14.5 Å². The third-order valence-corrected chi connectivity index (χ3v) is 6.33. The number of benzene rings is 2. The van der Waals surface area contributed by atoms with Gasteiger partial charge < -0.3 is 0 Å². The molecule has 0 unspecified atom stereocenters. The lowest BCUT2D eigenvalue weighted by atomic mass is 10.2. The first-order chi connectivity index (χ1) is 12.8. The molecule has 7 nitrogen and oxygen atoms in total. The van der Waals surface area contributed by atoms with Gasteiger partial charge in [0.2, 0.25) is 15.8 Å². The van der Waals surface area contributed by atoms with Crippen LogP contribution in [0.5, 0.6) is 0 Å². The summed E-state index contributed by atoms with van der Waals surface area (Å²) in [5.41, 5.74) is -0.350. The number of hydrogen-bond donors (Lipinski definition) is 0. The fourth-order valence-corrected chi connectivity index (χ4v) is 4.38. The van der Waals surface area contributed by atoms with E-state index in [1.165, 1.54) is 10.4 Å². The van der Waals surface area contributed by atoms with Gasteiger partial charge in [0.05, 0.1) is 9.82 Å². The van der Waals surface area contributed by atoms with Crippen LogP contribution in [0.2, 0.25) is 0 Å². The molecule has 1 aliphatic rings. The molecule has 144 valence electrons. The molecule has 0 amide bonds. The second kappa shape index (κ2) is 7.67. The number of nitro groups is 1. The van der Waals surface area contributed by atoms with Crippen LogP contribution in [0.15, 0.2) is 47.4 Å². The van der Waals surface area contributed by atoms with Gasteiger partial charge in [-0.2, -0.15) is 8.70 Å². The Morgan fingerprint density at radius 1 is 1.00 bits per heavy atom. The van der Waals surface area contributed by atoms with Crippen molar-refractivity contribution >= 4 is 15.7 Å². The van der Waals surface area contributed by atoms with Crippen molar-refractivity contribution in [2.24, 2.45) is 0 Å². The smallest absolute Gasteiger partial charge is 0.296 e. The minimum absolute atomic E-state index is 0.155. The van der Waals surface area contributed by atoms with Crippen LogP contribution >= 0.6 is 0 Å². The summed E-state index contributed by atoms with van der Waals surface area (Å²) in [4.78, 5) is 11.5. The normalized spacial score (nSPS) is 16.4. The van der Waals surface area contributed by atoms with Crippen LogP contribution in [-0.4, -0.2) is 48.7 Å². The molecule has 1 saturated heterocycles. The van der Waals surface area contributed by atoms with Crippen molar-refractivity contribution in [3.63, 3.8) is 0 Å². The summed E-state index contributed by atoms with van der Waals surface area (Å²) in [5, 5.41) is 10.8. The van der Waals surface area contributed by atoms with Gasteiger partial charge in [-0.1, -0.05) is 18.2 Å². The topological polar surface area (TPSA) is 83.8 Å². The molecule has 0 atom stereocenters. The van der Waals surface area contributed by atoms with Crippen molar-refractivity contribution in [3.8, 4) is 0 Å². The van der Waals surface area contributed by atoms with Crippen LogP contribution in [0, 0.1) is 21.7 Å². The summed E-state index contributed by atoms with van der Waals surface area (Å²) < 4.78 is 53.8. The highest BCUT2D eigenvalue weighted by atomic mass is 32.2. The minimum Gasteiger partial charge on any atom is -0.296 e. The number of nitrogens with zero attached hydrogens (tertiary/aromatic N) is 3. The third kappa shape index (κ3) is 4.12. The first-order valence-corrected chi connectivity index (χ1v) is 9.63. The summed E-state index contributed by atoms with van der Waals surface area (Å²) in [6.45, 7) is 1.44. The van der Waals surface area contributed by atoms with Crippen molar-refractivity contribution in [1.29, 1.82) is 0 Å². The lowest BCUT2D eigenvalue weighted by molar-refractivity contribution is -0.387. The molecule has 0 N–H and O–H groups in total. The zero-order chi connectivity index (χ0) is 19.6. The third-order valence-electron chi connectivity index (χ3n) is 4.44. The Kier molecular flexibility index (Phi) is 5.49. The average Bonchev–Trinajstić information content (AvgIpc) is 2.64. The van der Waals surface area contributed by atoms with Crippen LogP contribution < -0.4 is 0 Å². The maximum absolute atomic E-state index is 13.7. The first-order valence-electron chi connectivity index (χ1n) is 8.19. The molecular weight excluding hydrogens is 380 g/mol. The van der Waals surface area contributed by atoms with Gasteiger partial charge in [0, 0.05) is 44.4 Å². The molecule has 0 saturated carbocycles. The number of sulfonamides is 1. The highest BCUT2D eigenvalue weighted by Gasteiger charge is 2.30. The van der Waals surface area contributed by atoms with Crippen molar-refractivity contribution in [2.75, 3.05) is 26.2 Å². The van der Waals surface area contributed by atoms with Gasteiger partial charge in [0.1, 0.15) is 5.82 Å². The Hall–Kier alpha value is -2.43. The zero-order valence-corrected chi connectivity index (χ0v) is 15.0. The van der Waals surface area contributed by atoms with E-state index in [4.69, 9.17) is 0 Å². The van der Waals surface area contributed by atoms with Crippen LogP contribution in [0.25, 0.3) is 0 Å². The van der Waals surface area contributed by atoms with Crippen molar-refractivity contribution in [2.45, 2.75) is 11.4 Å². The Balaban J connectivity index is 1.71. The lowest BCUT2D eigenvalue weighted by Gasteiger charge is -2.34. The second-order valence-corrected chi connectivity index (χ2v) is 8.08. The van der Waals surface area contributed by atoms with E-state index in [0.29, 0.717) is 25.2 Å². The molecule has 0 aliphatic carbocycles. The van der Waals surface area contributed by atoms with E-state index in [2.05, 4.69) is 0 Å². The Labute approximate surface area is 155 Å². The number of rotatable bonds is 5. The first kappa shape index (κ1) is 19.3. The number of piperazine rings is 1. The van der Waals surface area contributed by atoms with Gasteiger partial charge in [-0.15, -0.1) is 0 Å². The van der Waals surface area contributed by atoms with Crippen molar-refractivity contribution in [3.05, 3.63) is 69.8 Å². The van der Waals surface area contributed by atoms with E-state index in [1.54, 1.807) is 18.2 Å². The van der Waals surface area contributed by atoms with Crippen LogP contribution in [-0.2, 0) is 16.6 Å². The van der Waals surface area contributed by atoms with E-state index in [1.807, 2.05) is 4.90 Å². The summed E-state index contributed by atoms with van der Waals surface area (Å²) in [6.07, 6.45) is 0. The monoisotopic (exact) mass is 397 g/mol. The molecular formula is C17H17F2N3O4S. The molecule has 0 radical (unpaired) electrons. The molecule has 3 rings (SSSR count). The van der Waals surface area contributed by atoms with Crippen LogP contribution in [0.3, 0.4) is 0 Å². The fourth-order valence-electron chi connectivity index (χ4n) is 2.94. The maximum Gasteiger partial charge on any atom is 0.306 e. The Bertz CT molecular complexity index is 960. The number of halogens is 2. The summed E-state index contributed by atoms with van der Waals surface area (Å²) in [6, 6.07) is 8.92. The van der Waals surface area contributed by atoms with Gasteiger partial charge in [-0.25, -0.2) is 12.8 Å². The molecule has 1 heterocycles. The van der Waals surface area contributed by atoms with Gasteiger partial charge in [0.25, 0.3) is 0 Å². The Morgan fingerprint density at radius 2 is 1.67 bits per heavy atom. The van der Waals surface area contributed by atoms with Gasteiger partial charge >= 0.3 is 5.69 Å². The standard InChI is InChI=1S/C17H17F2N3O4S/c18-15-4-2-1-3-13(15)12-20-7-9-21(10-8-20)27(25,26)14-5-6-16(19)17(11-14)22(23)24/h1-6,11H,7-10,12H2. The highest BCUT2D eigenvalue weighted by Crippen LogP contribution is 2.25. The molecule has 10 heteroatoms. The van der Waals surface area contributed by atoms with Crippen molar-refractivity contribution < 1.29 is 22.1 Å². The molecule has 2 aromatic carbocycles. The molecule has 0 bridgehead atoms. The highest BCUT2D eigenvalue weighted by molar-refractivity contribution is 7.89. The van der Waals surface area contributed by atoms with Gasteiger partial charge in [-0.3, -0.25) is 15.0 Å².